The maximum atomic E-state index is 12.2. The third kappa shape index (κ3) is 6.55. The summed E-state index contributed by atoms with van der Waals surface area (Å²) in [6.07, 6.45) is 2.26. The summed E-state index contributed by atoms with van der Waals surface area (Å²) in [4.78, 5) is 35.0. The number of ketones is 1. The summed E-state index contributed by atoms with van der Waals surface area (Å²) in [5, 5.41) is 9.90. The molecule has 0 heterocycles. The normalized spacial score (nSPS) is 12.1. The van der Waals surface area contributed by atoms with Crippen LogP contribution in [0.5, 0.6) is 5.75 Å². The van der Waals surface area contributed by atoms with E-state index in [1.807, 2.05) is 0 Å². The van der Waals surface area contributed by atoms with Crippen LogP contribution in [0.4, 0.5) is 0 Å². The van der Waals surface area contributed by atoms with Crippen molar-refractivity contribution >= 4 is 17.7 Å². The van der Waals surface area contributed by atoms with Gasteiger partial charge in [-0.3, -0.25) is 9.59 Å². The van der Waals surface area contributed by atoms with Crippen LogP contribution in [-0.4, -0.2) is 29.4 Å². The molecule has 0 bridgehead atoms. The second kappa shape index (κ2) is 9.56. The van der Waals surface area contributed by atoms with Crippen molar-refractivity contribution in [3.05, 3.63) is 52.6 Å². The fourth-order valence-electron chi connectivity index (χ4n) is 2.03. The molecule has 0 aliphatic heterocycles. The molecular weight excluding hydrogens is 336 g/mol. The number of hydrogen-bond donors (Lipinski definition) is 1. The van der Waals surface area contributed by atoms with Gasteiger partial charge in [0.2, 0.25) is 0 Å². The monoisotopic (exact) mass is 360 g/mol. The quantitative estimate of drug-likeness (QED) is 0.453. The Hall–Kier alpha value is -2.89. The summed E-state index contributed by atoms with van der Waals surface area (Å²) < 4.78 is 10.1. The Labute approximate surface area is 153 Å². The number of carbonyl (C=O) groups is 3. The van der Waals surface area contributed by atoms with Crippen LogP contribution in [0.1, 0.15) is 56.6 Å². The molecule has 0 saturated carbocycles. The Morgan fingerprint density at radius 1 is 1.15 bits per heavy atom. The summed E-state index contributed by atoms with van der Waals surface area (Å²) in [5.41, 5.74) is 1.84. The number of ether oxygens (including phenoxy) is 2. The minimum Gasteiger partial charge on any atom is -0.507 e. The van der Waals surface area contributed by atoms with Gasteiger partial charge in [0.1, 0.15) is 18.5 Å². The first-order valence-corrected chi connectivity index (χ1v) is 8.15. The van der Waals surface area contributed by atoms with Crippen molar-refractivity contribution in [3.63, 3.8) is 0 Å². The van der Waals surface area contributed by atoms with Crippen LogP contribution in [0.2, 0.25) is 0 Å². The van der Waals surface area contributed by atoms with E-state index in [-0.39, 0.29) is 23.7 Å². The average molecular weight is 360 g/mol. The Kier molecular flexibility index (Phi) is 7.77. The van der Waals surface area contributed by atoms with Gasteiger partial charge in [0, 0.05) is 12.5 Å². The minimum atomic E-state index is -0.626. The highest BCUT2D eigenvalue weighted by molar-refractivity contribution is 6.06. The summed E-state index contributed by atoms with van der Waals surface area (Å²) >= 11 is 0. The fourth-order valence-corrected chi connectivity index (χ4v) is 2.03. The van der Waals surface area contributed by atoms with E-state index >= 15 is 0 Å². The Morgan fingerprint density at radius 3 is 2.38 bits per heavy atom. The van der Waals surface area contributed by atoms with Crippen LogP contribution >= 0.6 is 0 Å². The zero-order chi connectivity index (χ0) is 19.9. The lowest BCUT2D eigenvalue weighted by molar-refractivity contribution is -0.144. The van der Waals surface area contributed by atoms with Crippen LogP contribution in [0, 0.1) is 0 Å². The Morgan fingerprint density at radius 2 is 1.81 bits per heavy atom. The molecule has 0 aliphatic carbocycles. The number of allylic oxidation sites excluding steroid dienone is 2. The lowest BCUT2D eigenvalue weighted by Crippen LogP contribution is -2.11. The summed E-state index contributed by atoms with van der Waals surface area (Å²) in [6.45, 7) is 8.06. The van der Waals surface area contributed by atoms with Crippen molar-refractivity contribution in [3.8, 4) is 5.75 Å². The molecule has 1 N–H and O–H groups in total. The standard InChI is InChI=1S/C20H24O6/c1-12(2)10-19(23)17-11-16(6-7-18(17)22)14(4)26-20(24)13(3)8-9-25-15(5)21/h6-8,10-11,14,22H,9H2,1-5H3/t14-/m0/s1. The molecule has 26 heavy (non-hydrogen) atoms. The first-order valence-electron chi connectivity index (χ1n) is 8.15. The fraction of sp³-hybridized carbons (Fsp3) is 0.350. The van der Waals surface area contributed by atoms with Crippen molar-refractivity contribution in [1.29, 1.82) is 0 Å². The summed E-state index contributed by atoms with van der Waals surface area (Å²) in [5.74, 6) is -1.45. The molecule has 0 amide bonds. The zero-order valence-electron chi connectivity index (χ0n) is 15.7. The molecule has 0 aromatic heterocycles. The summed E-state index contributed by atoms with van der Waals surface area (Å²) in [6, 6.07) is 4.49. The number of esters is 2. The molecule has 6 nitrogen and oxygen atoms in total. The predicted molar refractivity (Wildman–Crippen MR) is 96.8 cm³/mol. The van der Waals surface area contributed by atoms with Gasteiger partial charge < -0.3 is 14.6 Å². The Balaban J connectivity index is 2.89. The van der Waals surface area contributed by atoms with Crippen LogP contribution in [0.25, 0.3) is 0 Å². The number of phenolic OH excluding ortho intramolecular Hbond substituents is 1. The van der Waals surface area contributed by atoms with Crippen molar-refractivity contribution in [1.82, 2.24) is 0 Å². The third-order valence-electron chi connectivity index (χ3n) is 3.46. The van der Waals surface area contributed by atoms with Crippen LogP contribution in [0.15, 0.2) is 41.5 Å². The molecule has 1 rings (SSSR count). The topological polar surface area (TPSA) is 89.9 Å². The number of hydrogen-bond acceptors (Lipinski definition) is 6. The van der Waals surface area contributed by atoms with Gasteiger partial charge in [-0.1, -0.05) is 11.6 Å². The largest absolute Gasteiger partial charge is 0.507 e. The summed E-state index contributed by atoms with van der Waals surface area (Å²) in [7, 11) is 0. The molecule has 1 aromatic carbocycles. The van der Waals surface area contributed by atoms with Crippen LogP contribution < -0.4 is 0 Å². The van der Waals surface area contributed by atoms with Crippen molar-refractivity contribution < 1.29 is 29.0 Å². The van der Waals surface area contributed by atoms with E-state index in [9.17, 15) is 19.5 Å². The molecule has 0 aliphatic rings. The molecule has 6 heteroatoms. The molecule has 1 aromatic rings. The van der Waals surface area contributed by atoms with Gasteiger partial charge in [-0.2, -0.15) is 0 Å². The van der Waals surface area contributed by atoms with E-state index in [2.05, 4.69) is 0 Å². The molecule has 0 radical (unpaired) electrons. The minimum absolute atomic E-state index is 0.00872. The smallest absolute Gasteiger partial charge is 0.334 e. The molecule has 0 fully saturated rings. The molecule has 1 atom stereocenters. The SMILES string of the molecule is CC(=O)OCC=C(C)C(=O)O[C@@H](C)c1ccc(O)c(C(=O)C=C(C)C)c1. The second-order valence-electron chi connectivity index (χ2n) is 6.10. The first kappa shape index (κ1) is 21.2. The van der Waals surface area contributed by atoms with E-state index < -0.39 is 18.0 Å². The van der Waals surface area contributed by atoms with E-state index in [0.717, 1.165) is 5.57 Å². The van der Waals surface area contributed by atoms with Crippen LogP contribution in [-0.2, 0) is 19.1 Å². The number of rotatable bonds is 7. The van der Waals surface area contributed by atoms with E-state index in [0.29, 0.717) is 11.1 Å². The molecular formula is C20H24O6. The molecule has 0 spiro atoms. The van der Waals surface area contributed by atoms with E-state index in [1.165, 1.54) is 31.2 Å². The predicted octanol–water partition coefficient (Wildman–Crippen LogP) is 3.65. The molecule has 0 saturated heterocycles. The molecule has 0 unspecified atom stereocenters. The number of benzene rings is 1. The van der Waals surface area contributed by atoms with Gasteiger partial charge in [0.05, 0.1) is 5.56 Å². The van der Waals surface area contributed by atoms with Crippen LogP contribution in [0.3, 0.4) is 0 Å². The molecule has 140 valence electrons. The van der Waals surface area contributed by atoms with Gasteiger partial charge in [-0.15, -0.1) is 0 Å². The van der Waals surface area contributed by atoms with Gasteiger partial charge in [0.15, 0.2) is 5.78 Å². The van der Waals surface area contributed by atoms with E-state index in [1.54, 1.807) is 33.8 Å². The highest BCUT2D eigenvalue weighted by Gasteiger charge is 2.17. The number of phenols is 1. The maximum Gasteiger partial charge on any atom is 0.334 e. The first-order chi connectivity index (χ1) is 12.1. The highest BCUT2D eigenvalue weighted by atomic mass is 16.5. The third-order valence-corrected chi connectivity index (χ3v) is 3.46. The van der Waals surface area contributed by atoms with Gasteiger partial charge in [0.25, 0.3) is 0 Å². The van der Waals surface area contributed by atoms with Crippen molar-refractivity contribution in [2.45, 2.75) is 40.7 Å². The van der Waals surface area contributed by atoms with Gasteiger partial charge in [-0.25, -0.2) is 4.79 Å². The number of carbonyl (C=O) groups excluding carboxylic acids is 3. The zero-order valence-corrected chi connectivity index (χ0v) is 15.7. The Bertz CT molecular complexity index is 754. The van der Waals surface area contributed by atoms with Crippen molar-refractivity contribution in [2.75, 3.05) is 6.61 Å². The lowest BCUT2D eigenvalue weighted by Gasteiger charge is -2.15. The van der Waals surface area contributed by atoms with E-state index in [4.69, 9.17) is 9.47 Å². The number of aromatic hydroxyl groups is 1. The lowest BCUT2D eigenvalue weighted by atomic mass is 10.0. The van der Waals surface area contributed by atoms with Crippen molar-refractivity contribution in [2.24, 2.45) is 0 Å². The highest BCUT2D eigenvalue weighted by Crippen LogP contribution is 2.26. The maximum absolute atomic E-state index is 12.2. The second-order valence-corrected chi connectivity index (χ2v) is 6.10. The van der Waals surface area contributed by atoms with Gasteiger partial charge >= 0.3 is 11.9 Å². The van der Waals surface area contributed by atoms with Gasteiger partial charge in [-0.05, 0) is 57.5 Å². The average Bonchev–Trinajstić information content (AvgIpc) is 2.53.